The van der Waals surface area contributed by atoms with E-state index in [9.17, 15) is 14.9 Å². The summed E-state index contributed by atoms with van der Waals surface area (Å²) in [6.45, 7) is 5.99. The van der Waals surface area contributed by atoms with Gasteiger partial charge in [-0.05, 0) is 26.0 Å². The third-order valence-corrected chi connectivity index (χ3v) is 4.21. The lowest BCUT2D eigenvalue weighted by Gasteiger charge is -2.28. The number of pyridine rings is 1. The summed E-state index contributed by atoms with van der Waals surface area (Å²) in [5, 5.41) is 17.8. The molecule has 0 aliphatic carbocycles. The Labute approximate surface area is 149 Å². The minimum absolute atomic E-state index is 0.0641. The molecule has 0 aromatic carbocycles. The Bertz CT molecular complexity index is 811. The van der Waals surface area contributed by atoms with Crippen LogP contribution < -0.4 is 10.2 Å². The zero-order chi connectivity index (χ0) is 18.7. The summed E-state index contributed by atoms with van der Waals surface area (Å²) in [6.07, 6.45) is 1.70. The average Bonchev–Trinajstić information content (AvgIpc) is 2.89. The van der Waals surface area contributed by atoms with Gasteiger partial charge in [0.1, 0.15) is 23.8 Å². The lowest BCUT2D eigenvalue weighted by atomic mass is 10.3. The van der Waals surface area contributed by atoms with Gasteiger partial charge < -0.3 is 15.0 Å². The van der Waals surface area contributed by atoms with E-state index >= 15 is 0 Å². The van der Waals surface area contributed by atoms with Crippen LogP contribution >= 0.6 is 0 Å². The number of hydrogen-bond donors (Lipinski definition) is 1. The number of hydrogen-bond acceptors (Lipinski definition) is 7. The molecule has 10 heteroatoms. The van der Waals surface area contributed by atoms with Gasteiger partial charge in [-0.2, -0.15) is 5.10 Å². The van der Waals surface area contributed by atoms with Crippen molar-refractivity contribution in [3.05, 3.63) is 39.8 Å². The lowest BCUT2D eigenvalue weighted by molar-refractivity contribution is -0.386. The highest BCUT2D eigenvalue weighted by Gasteiger charge is 2.22. The van der Waals surface area contributed by atoms with Gasteiger partial charge in [-0.3, -0.25) is 19.6 Å². The zero-order valence-corrected chi connectivity index (χ0v) is 14.6. The van der Waals surface area contributed by atoms with Crippen LogP contribution in [0.1, 0.15) is 11.4 Å². The molecule has 1 N–H and O–H groups in total. The Morgan fingerprint density at radius 2 is 2.08 bits per heavy atom. The van der Waals surface area contributed by atoms with Crippen LogP contribution in [0.25, 0.3) is 0 Å². The van der Waals surface area contributed by atoms with Crippen molar-refractivity contribution in [2.75, 3.05) is 36.5 Å². The Kier molecular flexibility index (Phi) is 5.12. The highest BCUT2D eigenvalue weighted by Crippen LogP contribution is 2.22. The lowest BCUT2D eigenvalue weighted by Crippen LogP contribution is -2.36. The topological polar surface area (TPSA) is 115 Å². The molecular weight excluding hydrogens is 340 g/mol. The van der Waals surface area contributed by atoms with Crippen molar-refractivity contribution < 1.29 is 14.5 Å². The highest BCUT2D eigenvalue weighted by atomic mass is 16.6. The van der Waals surface area contributed by atoms with E-state index in [1.807, 2.05) is 6.07 Å². The minimum atomic E-state index is -0.488. The molecule has 0 radical (unpaired) electrons. The number of anilines is 2. The summed E-state index contributed by atoms with van der Waals surface area (Å²) in [7, 11) is 0. The highest BCUT2D eigenvalue weighted by molar-refractivity contribution is 5.89. The third kappa shape index (κ3) is 3.80. The number of aromatic nitrogens is 3. The molecule has 0 unspecified atom stereocenters. The van der Waals surface area contributed by atoms with E-state index in [2.05, 4.69) is 20.3 Å². The van der Waals surface area contributed by atoms with Crippen LogP contribution in [0.4, 0.5) is 17.2 Å². The molecule has 3 rings (SSSR count). The van der Waals surface area contributed by atoms with Gasteiger partial charge in [0.25, 0.3) is 0 Å². The van der Waals surface area contributed by atoms with Gasteiger partial charge in [0, 0.05) is 13.1 Å². The Hall–Kier alpha value is -3.01. The fraction of sp³-hybridized carbons (Fsp3) is 0.438. The number of carbonyl (C=O) groups excluding carboxylic acids is 1. The maximum atomic E-state index is 12.2. The maximum absolute atomic E-state index is 12.2. The van der Waals surface area contributed by atoms with Crippen LogP contribution in [0, 0.1) is 24.0 Å². The van der Waals surface area contributed by atoms with Gasteiger partial charge in [0.2, 0.25) is 5.91 Å². The summed E-state index contributed by atoms with van der Waals surface area (Å²) in [4.78, 5) is 29.2. The van der Waals surface area contributed by atoms with Crippen molar-refractivity contribution in [2.24, 2.45) is 0 Å². The van der Waals surface area contributed by atoms with Crippen LogP contribution in [-0.2, 0) is 16.1 Å². The summed E-state index contributed by atoms with van der Waals surface area (Å²) in [5.74, 6) is 0.0696. The van der Waals surface area contributed by atoms with Gasteiger partial charge in [-0.1, -0.05) is 0 Å². The number of nitrogens with one attached hydrogen (secondary N) is 1. The summed E-state index contributed by atoms with van der Waals surface area (Å²) in [6, 6.07) is 3.62. The van der Waals surface area contributed by atoms with E-state index in [0.717, 1.165) is 18.8 Å². The van der Waals surface area contributed by atoms with Crippen LogP contribution in [-0.4, -0.2) is 51.9 Å². The first-order chi connectivity index (χ1) is 12.5. The minimum Gasteiger partial charge on any atom is -0.378 e. The van der Waals surface area contributed by atoms with Crippen molar-refractivity contribution in [1.82, 2.24) is 14.8 Å². The van der Waals surface area contributed by atoms with E-state index in [-0.39, 0.29) is 23.8 Å². The predicted octanol–water partition coefficient (Wildman–Crippen LogP) is 1.28. The molecule has 0 spiro atoms. The molecule has 2 aromatic rings. The monoisotopic (exact) mass is 360 g/mol. The van der Waals surface area contributed by atoms with Gasteiger partial charge in [-0.15, -0.1) is 0 Å². The van der Waals surface area contributed by atoms with Crippen molar-refractivity contribution >= 4 is 23.1 Å². The molecule has 0 saturated carbocycles. The van der Waals surface area contributed by atoms with E-state index in [1.54, 1.807) is 26.1 Å². The number of nitrogens with zero attached hydrogens (tertiary/aromatic N) is 5. The van der Waals surface area contributed by atoms with Crippen LogP contribution in [0.5, 0.6) is 0 Å². The van der Waals surface area contributed by atoms with Crippen molar-refractivity contribution in [1.29, 1.82) is 0 Å². The van der Waals surface area contributed by atoms with Gasteiger partial charge in [0.05, 0.1) is 30.0 Å². The third-order valence-electron chi connectivity index (χ3n) is 4.21. The Balaban J connectivity index is 1.63. The molecule has 0 atom stereocenters. The molecule has 1 aliphatic heterocycles. The van der Waals surface area contributed by atoms with E-state index in [4.69, 9.17) is 4.74 Å². The molecule has 1 saturated heterocycles. The molecule has 3 heterocycles. The van der Waals surface area contributed by atoms with Crippen molar-refractivity contribution in [3.63, 3.8) is 0 Å². The number of amides is 1. The largest absolute Gasteiger partial charge is 0.378 e. The summed E-state index contributed by atoms with van der Waals surface area (Å²) >= 11 is 0. The van der Waals surface area contributed by atoms with Crippen LogP contribution in [0.2, 0.25) is 0 Å². The standard InChI is InChI=1S/C16H20N6O4/c1-11-16(22(24)25)12(2)21(19-11)10-15(23)18-14-4-3-13(9-17-14)20-5-7-26-8-6-20/h3-4,9H,5-8,10H2,1-2H3,(H,17,18,23). The Morgan fingerprint density at radius 1 is 1.35 bits per heavy atom. The first kappa shape index (κ1) is 17.8. The molecule has 1 aliphatic rings. The van der Waals surface area contributed by atoms with E-state index in [0.29, 0.717) is 24.7 Å². The molecule has 1 fully saturated rings. The van der Waals surface area contributed by atoms with Crippen LogP contribution in [0.3, 0.4) is 0 Å². The second-order valence-corrected chi connectivity index (χ2v) is 5.98. The molecule has 26 heavy (non-hydrogen) atoms. The quantitative estimate of drug-likeness (QED) is 0.631. The normalized spacial score (nSPS) is 14.3. The van der Waals surface area contributed by atoms with Crippen LogP contribution in [0.15, 0.2) is 18.3 Å². The maximum Gasteiger partial charge on any atom is 0.312 e. The molecule has 10 nitrogen and oxygen atoms in total. The predicted molar refractivity (Wildman–Crippen MR) is 94.3 cm³/mol. The second kappa shape index (κ2) is 7.48. The van der Waals surface area contributed by atoms with E-state index < -0.39 is 4.92 Å². The fourth-order valence-electron chi connectivity index (χ4n) is 2.89. The number of ether oxygens (including phenoxy) is 1. The molecule has 2 aromatic heterocycles. The van der Waals surface area contributed by atoms with Crippen molar-refractivity contribution in [2.45, 2.75) is 20.4 Å². The summed E-state index contributed by atoms with van der Waals surface area (Å²) in [5.41, 5.74) is 1.54. The smallest absolute Gasteiger partial charge is 0.312 e. The summed E-state index contributed by atoms with van der Waals surface area (Å²) < 4.78 is 6.64. The van der Waals surface area contributed by atoms with E-state index in [1.165, 1.54) is 4.68 Å². The van der Waals surface area contributed by atoms with Crippen molar-refractivity contribution in [3.8, 4) is 0 Å². The van der Waals surface area contributed by atoms with Gasteiger partial charge in [-0.25, -0.2) is 4.98 Å². The van der Waals surface area contributed by atoms with Gasteiger partial charge >= 0.3 is 5.69 Å². The number of rotatable bonds is 5. The number of nitro groups is 1. The zero-order valence-electron chi connectivity index (χ0n) is 14.6. The number of aryl methyl sites for hydroxylation is 1. The Morgan fingerprint density at radius 3 is 2.65 bits per heavy atom. The SMILES string of the molecule is Cc1nn(CC(=O)Nc2ccc(N3CCOCC3)cn2)c(C)c1[N+](=O)[O-]. The average molecular weight is 360 g/mol. The fourth-order valence-corrected chi connectivity index (χ4v) is 2.89. The number of carbonyl (C=O) groups is 1. The molecular formula is C16H20N6O4. The second-order valence-electron chi connectivity index (χ2n) is 5.98. The number of morpholine rings is 1. The first-order valence-corrected chi connectivity index (χ1v) is 8.22. The molecule has 1 amide bonds. The molecule has 138 valence electrons. The first-order valence-electron chi connectivity index (χ1n) is 8.22. The van der Waals surface area contributed by atoms with Gasteiger partial charge in [0.15, 0.2) is 0 Å². The molecule has 0 bridgehead atoms.